The summed E-state index contributed by atoms with van der Waals surface area (Å²) in [5.74, 6) is 0. The molecule has 0 radical (unpaired) electrons. The molecule has 0 amide bonds. The van der Waals surface area contributed by atoms with E-state index in [-0.39, 0.29) is 53.3 Å². The molecule has 0 saturated heterocycles. The fourth-order valence-corrected chi connectivity index (χ4v) is 4.70. The van der Waals surface area contributed by atoms with Gasteiger partial charge in [0, 0.05) is 0 Å². The van der Waals surface area contributed by atoms with Crippen LogP contribution in [0.4, 0.5) is 0 Å². The Hall–Kier alpha value is -5.42. The molecule has 0 nitrogen and oxygen atoms in total. The van der Waals surface area contributed by atoms with Crippen molar-refractivity contribution in [2.75, 3.05) is 0 Å². The molecule has 8 rings (SSSR count). The van der Waals surface area contributed by atoms with Crippen molar-refractivity contribution in [2.45, 2.75) is 55.4 Å². The molecule has 0 fully saturated rings. The number of benzene rings is 8. The molecule has 0 heterocycles. The van der Waals surface area contributed by atoms with E-state index < -0.39 is 0 Å². The zero-order chi connectivity index (χ0) is 47.9. The van der Waals surface area contributed by atoms with Gasteiger partial charge in [-0.25, -0.2) is 0 Å². The van der Waals surface area contributed by atoms with Crippen LogP contribution >= 0.6 is 9.90 Å². The molecule has 0 aliphatic carbocycles. The van der Waals surface area contributed by atoms with Gasteiger partial charge < -0.3 is 0 Å². The summed E-state index contributed by atoms with van der Waals surface area (Å²) in [5.41, 5.74) is 18.9. The first-order valence-electron chi connectivity index (χ1n) is 21.4. The quantitative estimate of drug-likeness (QED) is 0.0807. The third-order valence-corrected chi connectivity index (χ3v) is 8.96. The van der Waals surface area contributed by atoms with Crippen molar-refractivity contribution >= 4 is 9.90 Å². The van der Waals surface area contributed by atoms with Gasteiger partial charge in [0.05, 0.1) is 0 Å². The predicted molar refractivity (Wildman–Crippen MR) is 296 cm³/mol. The smallest absolute Gasteiger partial charge is 0.199 e. The number of hydrogen-bond acceptors (Lipinski definition) is 0. The van der Waals surface area contributed by atoms with E-state index in [9.17, 15) is 0 Å². The summed E-state index contributed by atoms with van der Waals surface area (Å²) < 4.78 is 0. The van der Waals surface area contributed by atoms with Crippen LogP contribution in [0.3, 0.4) is 0 Å². The van der Waals surface area contributed by atoms with Gasteiger partial charge in [0.15, 0.2) is 0 Å². The Morgan fingerprint density at radius 1 is 0.164 bits per heavy atom. The molecule has 3 heteroatoms. The normalized spacial score (nSPS) is 8.72. The molecule has 0 spiro atoms. The van der Waals surface area contributed by atoms with E-state index in [0.717, 1.165) is 44.5 Å². The Morgan fingerprint density at radius 2 is 0.224 bits per heavy atom. The molecule has 1 atom stereocenters. The molecular formula is C64H75PTi2. The third kappa shape index (κ3) is 37.4. The van der Waals surface area contributed by atoms with Gasteiger partial charge in [0.25, 0.3) is 0 Å². The van der Waals surface area contributed by atoms with E-state index in [1.54, 1.807) is 0 Å². The first-order chi connectivity index (χ1) is 30.3. The molecule has 0 aromatic heterocycles. The number of aryl methyl sites for hydroxylation is 8. The van der Waals surface area contributed by atoms with Gasteiger partial charge in [0.2, 0.25) is 0 Å². The average Bonchev–Trinajstić information content (AvgIpc) is 3.28. The summed E-state index contributed by atoms with van der Waals surface area (Å²) in [6.45, 7) is 46.6. The van der Waals surface area contributed by atoms with Gasteiger partial charge in [-0.05, 0) is 55.4 Å². The molecule has 0 N–H and O–H groups in total. The van der Waals surface area contributed by atoms with Gasteiger partial charge in [-0.2, -0.15) is 207 Å². The maximum atomic E-state index is 3.76. The van der Waals surface area contributed by atoms with Crippen molar-refractivity contribution in [3.63, 3.8) is 0 Å². The summed E-state index contributed by atoms with van der Waals surface area (Å²) >= 11 is 0. The molecule has 1 unspecified atom stereocenters. The van der Waals surface area contributed by atoms with E-state index in [4.69, 9.17) is 0 Å². The van der Waals surface area contributed by atoms with E-state index in [1.807, 2.05) is 97.1 Å². The standard InChI is InChI=1S/8C8H9.H3P.2Ti/c8*1-7-3-5-8(2)6-4-7;;;/h8*3-6H,1H2,2H3;1H3;;/q8*-1;;2*+4. The van der Waals surface area contributed by atoms with E-state index in [0.29, 0.717) is 0 Å². The van der Waals surface area contributed by atoms with E-state index >= 15 is 0 Å². The van der Waals surface area contributed by atoms with Crippen molar-refractivity contribution < 1.29 is 43.4 Å². The fraction of sp³-hybridized carbons (Fsp3) is 0.125. The molecule has 8 aromatic rings. The second kappa shape index (κ2) is 38.7. The maximum Gasteiger partial charge on any atom is 4.00 e. The second-order valence-electron chi connectivity index (χ2n) is 15.9. The molecular weight excluding hydrogens is 895 g/mol. The van der Waals surface area contributed by atoms with Crippen molar-refractivity contribution in [3.8, 4) is 0 Å². The molecule has 8 aromatic carbocycles. The van der Waals surface area contributed by atoms with Gasteiger partial charge in [-0.1, -0.05) is 44.5 Å². The molecule has 0 bridgehead atoms. The molecule has 344 valence electrons. The summed E-state index contributed by atoms with van der Waals surface area (Å²) in [5, 5.41) is 0. The van der Waals surface area contributed by atoms with Crippen LogP contribution in [0.1, 0.15) is 89.0 Å². The molecule has 67 heavy (non-hydrogen) atoms. The van der Waals surface area contributed by atoms with Crippen LogP contribution in [0.5, 0.6) is 0 Å². The maximum absolute atomic E-state index is 3.76. The van der Waals surface area contributed by atoms with Gasteiger partial charge in [-0.15, -0.1) is 97.1 Å². The van der Waals surface area contributed by atoms with Crippen molar-refractivity contribution in [1.82, 2.24) is 0 Å². The molecule has 0 aliphatic rings. The Labute approximate surface area is 443 Å². The van der Waals surface area contributed by atoms with Crippen molar-refractivity contribution in [1.29, 1.82) is 0 Å². The van der Waals surface area contributed by atoms with Crippen LogP contribution in [0, 0.1) is 111 Å². The van der Waals surface area contributed by atoms with Crippen LogP contribution in [0.25, 0.3) is 0 Å². The SMILES string of the molecule is P.[CH2-]c1ccc(C)cc1.[CH2-]c1ccc(C)cc1.[CH2-]c1ccc(C)cc1.[CH2-]c1ccc(C)cc1.[CH2-]c1ccc(C)cc1.[CH2-]c1ccc(C)cc1.[CH2-]c1ccc(C)cc1.[CH2-]c1ccc(C)cc1.[Ti+4].[Ti+4]. The Morgan fingerprint density at radius 3 is 0.269 bits per heavy atom. The largest absolute Gasteiger partial charge is 4.00 e. The van der Waals surface area contributed by atoms with E-state index in [2.05, 4.69) is 208 Å². The summed E-state index contributed by atoms with van der Waals surface area (Å²) in [7, 11) is 0. The minimum Gasteiger partial charge on any atom is -0.199 e. The van der Waals surface area contributed by atoms with Gasteiger partial charge >= 0.3 is 43.4 Å². The average molecular weight is 971 g/mol. The zero-order valence-electron chi connectivity index (χ0n) is 41.8. The molecule has 0 aliphatic heterocycles. The van der Waals surface area contributed by atoms with Crippen LogP contribution in [0.2, 0.25) is 0 Å². The van der Waals surface area contributed by atoms with Gasteiger partial charge in [0.1, 0.15) is 0 Å². The summed E-state index contributed by atoms with van der Waals surface area (Å²) in [4.78, 5) is 0. The summed E-state index contributed by atoms with van der Waals surface area (Å²) in [6.07, 6.45) is 0. The van der Waals surface area contributed by atoms with E-state index in [1.165, 1.54) is 44.5 Å². The van der Waals surface area contributed by atoms with Crippen LogP contribution in [-0.2, 0) is 43.4 Å². The Balaban J connectivity index is -0.000000694. The summed E-state index contributed by atoms with van der Waals surface area (Å²) in [6, 6.07) is 65.1. The Kier molecular flexibility index (Phi) is 38.0. The van der Waals surface area contributed by atoms with Gasteiger partial charge in [-0.3, -0.25) is 0 Å². The van der Waals surface area contributed by atoms with Crippen LogP contribution in [0.15, 0.2) is 194 Å². The Bertz CT molecular complexity index is 1650. The molecule has 0 saturated carbocycles. The monoisotopic (exact) mass is 970 g/mol. The van der Waals surface area contributed by atoms with Crippen LogP contribution < -0.4 is 0 Å². The fourth-order valence-electron chi connectivity index (χ4n) is 4.70. The van der Waals surface area contributed by atoms with Crippen molar-refractivity contribution in [3.05, 3.63) is 339 Å². The second-order valence-corrected chi connectivity index (χ2v) is 15.9. The first-order valence-corrected chi connectivity index (χ1v) is 21.4. The topological polar surface area (TPSA) is 0 Å². The zero-order valence-corrected chi connectivity index (χ0v) is 46.4. The minimum atomic E-state index is 0. The first kappa shape index (κ1) is 65.9. The minimum absolute atomic E-state index is 0. The number of rotatable bonds is 0. The van der Waals surface area contributed by atoms with Crippen LogP contribution in [-0.4, -0.2) is 0 Å². The van der Waals surface area contributed by atoms with Crippen molar-refractivity contribution in [2.24, 2.45) is 0 Å². The third-order valence-electron chi connectivity index (χ3n) is 8.96. The number of hydrogen-bond donors (Lipinski definition) is 0. The predicted octanol–water partition coefficient (Wildman–Crippen LogP) is 17.5.